The van der Waals surface area contributed by atoms with Crippen LogP contribution in [0.1, 0.15) is 37.7 Å². The molecular formula is C15H23N. The van der Waals surface area contributed by atoms with Gasteiger partial charge in [-0.05, 0) is 37.8 Å². The Morgan fingerprint density at radius 2 is 1.81 bits per heavy atom. The van der Waals surface area contributed by atoms with E-state index >= 15 is 0 Å². The molecule has 0 radical (unpaired) electrons. The average molecular weight is 217 g/mol. The molecule has 1 aromatic carbocycles. The Balaban J connectivity index is 1.94. The van der Waals surface area contributed by atoms with E-state index in [2.05, 4.69) is 42.7 Å². The second kappa shape index (κ2) is 6.05. The molecule has 0 bridgehead atoms. The zero-order valence-corrected chi connectivity index (χ0v) is 10.3. The van der Waals surface area contributed by atoms with Crippen LogP contribution < -0.4 is 5.32 Å². The van der Waals surface area contributed by atoms with E-state index < -0.39 is 0 Å². The van der Waals surface area contributed by atoms with Gasteiger partial charge in [0, 0.05) is 6.04 Å². The van der Waals surface area contributed by atoms with Gasteiger partial charge in [-0.2, -0.15) is 0 Å². The first-order valence-corrected chi connectivity index (χ1v) is 6.61. The number of benzene rings is 1. The van der Waals surface area contributed by atoms with Crippen molar-refractivity contribution in [2.45, 2.75) is 44.6 Å². The van der Waals surface area contributed by atoms with Gasteiger partial charge in [-0.1, -0.05) is 49.6 Å². The first-order valence-electron chi connectivity index (χ1n) is 6.61. The van der Waals surface area contributed by atoms with Gasteiger partial charge in [0.25, 0.3) is 0 Å². The van der Waals surface area contributed by atoms with Crippen LogP contribution in [0.5, 0.6) is 0 Å². The molecule has 1 heteroatoms. The van der Waals surface area contributed by atoms with Crippen LogP contribution in [-0.4, -0.2) is 13.1 Å². The van der Waals surface area contributed by atoms with Crippen LogP contribution in [0.4, 0.5) is 0 Å². The van der Waals surface area contributed by atoms with E-state index in [4.69, 9.17) is 0 Å². The van der Waals surface area contributed by atoms with Gasteiger partial charge in [0.15, 0.2) is 0 Å². The van der Waals surface area contributed by atoms with E-state index in [9.17, 15) is 0 Å². The number of hydrogen-bond acceptors (Lipinski definition) is 1. The van der Waals surface area contributed by atoms with E-state index in [-0.39, 0.29) is 0 Å². The second-order valence-corrected chi connectivity index (χ2v) is 4.98. The molecular weight excluding hydrogens is 194 g/mol. The molecule has 1 saturated carbocycles. The quantitative estimate of drug-likeness (QED) is 0.815. The molecule has 0 saturated heterocycles. The lowest BCUT2D eigenvalue weighted by Gasteiger charge is -2.30. The van der Waals surface area contributed by atoms with Crippen LogP contribution in [0.15, 0.2) is 30.3 Å². The maximum Gasteiger partial charge on any atom is 0.0133 e. The lowest BCUT2D eigenvalue weighted by atomic mass is 9.81. The van der Waals surface area contributed by atoms with Crippen molar-refractivity contribution in [1.29, 1.82) is 0 Å². The van der Waals surface area contributed by atoms with Gasteiger partial charge in [-0.3, -0.25) is 0 Å². The van der Waals surface area contributed by atoms with E-state index in [1.807, 2.05) is 0 Å². The summed E-state index contributed by atoms with van der Waals surface area (Å²) in [5, 5.41) is 3.52. The van der Waals surface area contributed by atoms with Crippen molar-refractivity contribution in [3.05, 3.63) is 35.9 Å². The van der Waals surface area contributed by atoms with Crippen molar-refractivity contribution >= 4 is 0 Å². The summed E-state index contributed by atoms with van der Waals surface area (Å²) in [5.41, 5.74) is 1.47. The molecule has 0 aliphatic heterocycles. The Bertz CT molecular complexity index is 288. The number of hydrogen-bond donors (Lipinski definition) is 1. The average Bonchev–Trinajstić information content (AvgIpc) is 2.38. The Kier molecular flexibility index (Phi) is 4.41. The first-order chi connectivity index (χ1) is 7.90. The molecule has 16 heavy (non-hydrogen) atoms. The fraction of sp³-hybridized carbons (Fsp3) is 0.600. The van der Waals surface area contributed by atoms with Crippen molar-refractivity contribution in [2.75, 3.05) is 7.05 Å². The maximum absolute atomic E-state index is 3.52. The minimum Gasteiger partial charge on any atom is -0.316 e. The van der Waals surface area contributed by atoms with Crippen LogP contribution in [0.2, 0.25) is 0 Å². The van der Waals surface area contributed by atoms with Crippen molar-refractivity contribution in [3.8, 4) is 0 Å². The topological polar surface area (TPSA) is 12.0 Å². The standard InChI is InChI=1S/C15H23N/c1-16-15(14-10-6-3-7-11-14)12-13-8-4-2-5-9-13/h2,4-5,8-9,14-16H,3,6-7,10-12H2,1H3. The third-order valence-electron chi connectivity index (χ3n) is 3.89. The molecule has 1 N–H and O–H groups in total. The molecule has 1 aliphatic rings. The van der Waals surface area contributed by atoms with Crippen molar-refractivity contribution in [2.24, 2.45) is 5.92 Å². The predicted octanol–water partition coefficient (Wildman–Crippen LogP) is 3.40. The third-order valence-corrected chi connectivity index (χ3v) is 3.89. The van der Waals surface area contributed by atoms with Crippen LogP contribution in [0.3, 0.4) is 0 Å². The molecule has 88 valence electrons. The van der Waals surface area contributed by atoms with E-state index in [0.717, 1.165) is 5.92 Å². The minimum atomic E-state index is 0.669. The largest absolute Gasteiger partial charge is 0.316 e. The Labute approximate surface area is 99.3 Å². The summed E-state index contributed by atoms with van der Waals surface area (Å²) in [5.74, 6) is 0.888. The summed E-state index contributed by atoms with van der Waals surface area (Å²) >= 11 is 0. The molecule has 0 amide bonds. The lowest BCUT2D eigenvalue weighted by molar-refractivity contribution is 0.277. The molecule has 1 aliphatic carbocycles. The number of nitrogens with one attached hydrogen (secondary N) is 1. The summed E-state index contributed by atoms with van der Waals surface area (Å²) in [6.07, 6.45) is 8.31. The lowest BCUT2D eigenvalue weighted by Crippen LogP contribution is -2.36. The van der Waals surface area contributed by atoms with Crippen LogP contribution in [-0.2, 0) is 6.42 Å². The first kappa shape index (κ1) is 11.7. The summed E-state index contributed by atoms with van der Waals surface area (Å²) in [6.45, 7) is 0. The number of likely N-dealkylation sites (N-methyl/N-ethyl adjacent to an activating group) is 1. The van der Waals surface area contributed by atoms with E-state index in [1.54, 1.807) is 0 Å². The fourth-order valence-corrected chi connectivity index (χ4v) is 2.91. The van der Waals surface area contributed by atoms with Crippen molar-refractivity contribution < 1.29 is 0 Å². The molecule has 1 atom stereocenters. The zero-order valence-electron chi connectivity index (χ0n) is 10.3. The summed E-state index contributed by atoms with van der Waals surface area (Å²) in [6, 6.07) is 11.5. The zero-order chi connectivity index (χ0) is 11.2. The molecule has 2 rings (SSSR count). The summed E-state index contributed by atoms with van der Waals surface area (Å²) in [4.78, 5) is 0. The summed E-state index contributed by atoms with van der Waals surface area (Å²) in [7, 11) is 2.11. The fourth-order valence-electron chi connectivity index (χ4n) is 2.91. The van der Waals surface area contributed by atoms with Gasteiger partial charge in [0.1, 0.15) is 0 Å². The van der Waals surface area contributed by atoms with Gasteiger partial charge in [0.05, 0.1) is 0 Å². The maximum atomic E-state index is 3.52. The minimum absolute atomic E-state index is 0.669. The van der Waals surface area contributed by atoms with Crippen molar-refractivity contribution in [1.82, 2.24) is 5.32 Å². The molecule has 1 unspecified atom stereocenters. The van der Waals surface area contributed by atoms with Gasteiger partial charge in [-0.25, -0.2) is 0 Å². The molecule has 0 aromatic heterocycles. The van der Waals surface area contributed by atoms with Gasteiger partial charge >= 0.3 is 0 Å². The Hall–Kier alpha value is -0.820. The Morgan fingerprint density at radius 1 is 1.12 bits per heavy atom. The van der Waals surface area contributed by atoms with Crippen LogP contribution in [0.25, 0.3) is 0 Å². The normalized spacial score (nSPS) is 19.6. The molecule has 1 nitrogen and oxygen atoms in total. The van der Waals surface area contributed by atoms with E-state index in [0.29, 0.717) is 6.04 Å². The van der Waals surface area contributed by atoms with Gasteiger partial charge < -0.3 is 5.32 Å². The SMILES string of the molecule is CNC(Cc1ccccc1)C1CCCCC1. The molecule has 1 aromatic rings. The molecule has 0 spiro atoms. The highest BCUT2D eigenvalue weighted by Crippen LogP contribution is 2.27. The Morgan fingerprint density at radius 3 is 2.44 bits per heavy atom. The monoisotopic (exact) mass is 217 g/mol. The second-order valence-electron chi connectivity index (χ2n) is 4.98. The van der Waals surface area contributed by atoms with Crippen LogP contribution >= 0.6 is 0 Å². The highest BCUT2D eigenvalue weighted by Gasteiger charge is 2.22. The van der Waals surface area contributed by atoms with Gasteiger partial charge in [0.2, 0.25) is 0 Å². The third kappa shape index (κ3) is 3.08. The smallest absolute Gasteiger partial charge is 0.0133 e. The summed E-state index contributed by atoms with van der Waals surface area (Å²) < 4.78 is 0. The molecule has 0 heterocycles. The van der Waals surface area contributed by atoms with E-state index in [1.165, 1.54) is 44.1 Å². The number of rotatable bonds is 4. The highest BCUT2D eigenvalue weighted by atomic mass is 14.9. The van der Waals surface area contributed by atoms with Crippen LogP contribution in [0, 0.1) is 5.92 Å². The highest BCUT2D eigenvalue weighted by molar-refractivity contribution is 5.16. The van der Waals surface area contributed by atoms with Gasteiger partial charge in [-0.15, -0.1) is 0 Å². The predicted molar refractivity (Wildman–Crippen MR) is 69.6 cm³/mol. The molecule has 1 fully saturated rings. The van der Waals surface area contributed by atoms with Crippen molar-refractivity contribution in [3.63, 3.8) is 0 Å².